The minimum absolute atomic E-state index is 0.380. The Morgan fingerprint density at radius 2 is 2.36 bits per heavy atom. The van der Waals surface area contributed by atoms with Gasteiger partial charge in [0.05, 0.1) is 13.2 Å². The maximum Gasteiger partial charge on any atom is 0.132 e. The summed E-state index contributed by atoms with van der Waals surface area (Å²) in [7, 11) is 0. The normalized spacial score (nSPS) is 23.7. The highest BCUT2D eigenvalue weighted by Gasteiger charge is 2.17. The fraction of sp³-hybridized carbons (Fsp3) is 0.909. The topological polar surface area (TPSA) is 29.5 Å². The number of Topliss-reactive ketones (excluding diaryl/α,β-unsaturated/α-hetero) is 1. The van der Waals surface area contributed by atoms with Crippen molar-refractivity contribution in [2.24, 2.45) is 0 Å². The third kappa shape index (κ3) is 3.76. The van der Waals surface area contributed by atoms with Gasteiger partial charge < -0.3 is 4.74 Å². The lowest BCUT2D eigenvalue weighted by molar-refractivity contribution is -0.119. The van der Waals surface area contributed by atoms with Crippen LogP contribution in [0.2, 0.25) is 0 Å². The van der Waals surface area contributed by atoms with Crippen molar-refractivity contribution in [2.45, 2.75) is 39.2 Å². The minimum atomic E-state index is 0.380. The fourth-order valence-electron chi connectivity index (χ4n) is 1.75. The van der Waals surface area contributed by atoms with Gasteiger partial charge in [-0.1, -0.05) is 6.92 Å². The maximum absolute atomic E-state index is 11.1. The summed E-state index contributed by atoms with van der Waals surface area (Å²) in [6, 6.07) is 0.514. The van der Waals surface area contributed by atoms with Gasteiger partial charge in [0, 0.05) is 25.4 Å². The Labute approximate surface area is 86.4 Å². The van der Waals surface area contributed by atoms with Crippen LogP contribution in [0.4, 0.5) is 0 Å². The molecule has 0 amide bonds. The van der Waals surface area contributed by atoms with Crippen LogP contribution in [0.5, 0.6) is 0 Å². The highest BCUT2D eigenvalue weighted by molar-refractivity contribution is 5.77. The van der Waals surface area contributed by atoms with Crippen molar-refractivity contribution in [3.05, 3.63) is 0 Å². The van der Waals surface area contributed by atoms with E-state index in [1.54, 1.807) is 0 Å². The Morgan fingerprint density at radius 1 is 1.57 bits per heavy atom. The first kappa shape index (κ1) is 11.7. The number of carbonyl (C=O) groups is 1. The Bertz CT molecular complexity index is 182. The van der Waals surface area contributed by atoms with E-state index in [-0.39, 0.29) is 0 Å². The first-order valence-corrected chi connectivity index (χ1v) is 5.57. The molecule has 14 heavy (non-hydrogen) atoms. The number of ether oxygens (including phenoxy) is 1. The predicted molar refractivity (Wildman–Crippen MR) is 56.4 cm³/mol. The van der Waals surface area contributed by atoms with Gasteiger partial charge in [-0.05, 0) is 19.9 Å². The summed E-state index contributed by atoms with van der Waals surface area (Å²) in [5.41, 5.74) is 0. The molecule has 0 aromatic heterocycles. The van der Waals surface area contributed by atoms with E-state index < -0.39 is 0 Å². The molecule has 1 aliphatic rings. The van der Waals surface area contributed by atoms with E-state index in [2.05, 4.69) is 11.8 Å². The standard InChI is InChI=1S/C11H21NO2/c1-3-11(13)5-4-6-12-7-8-14-9-10(12)2/h10H,3-9H2,1-2H3. The van der Waals surface area contributed by atoms with E-state index in [9.17, 15) is 4.79 Å². The number of nitrogens with zero attached hydrogens (tertiary/aromatic N) is 1. The molecule has 3 heteroatoms. The average Bonchev–Trinajstić information content (AvgIpc) is 2.20. The molecule has 1 saturated heterocycles. The number of rotatable bonds is 5. The molecule has 0 aliphatic carbocycles. The van der Waals surface area contributed by atoms with Crippen LogP contribution < -0.4 is 0 Å². The molecule has 0 bridgehead atoms. The summed E-state index contributed by atoms with van der Waals surface area (Å²) in [4.78, 5) is 13.5. The molecule has 0 aromatic carbocycles. The zero-order valence-corrected chi connectivity index (χ0v) is 9.29. The number of morpholine rings is 1. The van der Waals surface area contributed by atoms with Gasteiger partial charge in [-0.25, -0.2) is 0 Å². The van der Waals surface area contributed by atoms with Gasteiger partial charge in [-0.2, -0.15) is 0 Å². The average molecular weight is 199 g/mol. The van der Waals surface area contributed by atoms with Crippen LogP contribution in [0.15, 0.2) is 0 Å². The van der Waals surface area contributed by atoms with Crippen molar-refractivity contribution in [3.63, 3.8) is 0 Å². The van der Waals surface area contributed by atoms with E-state index in [4.69, 9.17) is 4.74 Å². The molecule has 0 spiro atoms. The fourth-order valence-corrected chi connectivity index (χ4v) is 1.75. The molecule has 1 heterocycles. The molecule has 0 N–H and O–H groups in total. The smallest absolute Gasteiger partial charge is 0.132 e. The van der Waals surface area contributed by atoms with E-state index in [1.807, 2.05) is 6.92 Å². The van der Waals surface area contributed by atoms with Crippen molar-refractivity contribution < 1.29 is 9.53 Å². The zero-order chi connectivity index (χ0) is 10.4. The molecular formula is C11H21NO2. The van der Waals surface area contributed by atoms with E-state index in [0.717, 1.165) is 39.1 Å². The zero-order valence-electron chi connectivity index (χ0n) is 9.29. The number of carbonyl (C=O) groups excluding carboxylic acids is 1. The lowest BCUT2D eigenvalue weighted by atomic mass is 10.1. The Morgan fingerprint density at radius 3 is 3.00 bits per heavy atom. The van der Waals surface area contributed by atoms with Gasteiger partial charge in [-0.15, -0.1) is 0 Å². The molecule has 0 saturated carbocycles. The first-order valence-electron chi connectivity index (χ1n) is 5.57. The lowest BCUT2D eigenvalue weighted by Gasteiger charge is -2.33. The lowest BCUT2D eigenvalue weighted by Crippen LogP contribution is -2.44. The van der Waals surface area contributed by atoms with Crippen molar-refractivity contribution in [1.29, 1.82) is 0 Å². The van der Waals surface area contributed by atoms with Gasteiger partial charge in [0.15, 0.2) is 0 Å². The van der Waals surface area contributed by atoms with Gasteiger partial charge in [0.2, 0.25) is 0 Å². The van der Waals surface area contributed by atoms with E-state index >= 15 is 0 Å². The molecule has 82 valence electrons. The molecular weight excluding hydrogens is 178 g/mol. The second-order valence-electron chi connectivity index (χ2n) is 3.96. The van der Waals surface area contributed by atoms with Crippen LogP contribution in [-0.2, 0) is 9.53 Å². The summed E-state index contributed by atoms with van der Waals surface area (Å²) in [5, 5.41) is 0. The SMILES string of the molecule is CCC(=O)CCCN1CCOCC1C. The molecule has 3 nitrogen and oxygen atoms in total. The molecule has 1 fully saturated rings. The largest absolute Gasteiger partial charge is 0.379 e. The maximum atomic E-state index is 11.1. The molecule has 1 atom stereocenters. The minimum Gasteiger partial charge on any atom is -0.379 e. The molecule has 1 rings (SSSR count). The van der Waals surface area contributed by atoms with Crippen molar-refractivity contribution in [1.82, 2.24) is 4.90 Å². The summed E-state index contributed by atoms with van der Waals surface area (Å²) >= 11 is 0. The first-order chi connectivity index (χ1) is 6.74. The second-order valence-corrected chi connectivity index (χ2v) is 3.96. The van der Waals surface area contributed by atoms with Crippen LogP contribution >= 0.6 is 0 Å². The highest BCUT2D eigenvalue weighted by atomic mass is 16.5. The predicted octanol–water partition coefficient (Wildman–Crippen LogP) is 1.47. The van der Waals surface area contributed by atoms with Crippen molar-refractivity contribution >= 4 is 5.78 Å². The van der Waals surface area contributed by atoms with Gasteiger partial charge in [-0.3, -0.25) is 9.69 Å². The monoisotopic (exact) mass is 199 g/mol. The van der Waals surface area contributed by atoms with Gasteiger partial charge in [0.25, 0.3) is 0 Å². The summed E-state index contributed by atoms with van der Waals surface area (Å²) in [6.07, 6.45) is 2.41. The van der Waals surface area contributed by atoms with E-state index in [1.165, 1.54) is 0 Å². The Hall–Kier alpha value is -0.410. The van der Waals surface area contributed by atoms with Crippen molar-refractivity contribution in [3.8, 4) is 0 Å². The van der Waals surface area contributed by atoms with Crippen LogP contribution in [0, 0.1) is 0 Å². The van der Waals surface area contributed by atoms with Crippen LogP contribution in [-0.4, -0.2) is 43.0 Å². The van der Waals surface area contributed by atoms with E-state index in [0.29, 0.717) is 18.2 Å². The molecule has 0 aromatic rings. The molecule has 1 unspecified atom stereocenters. The summed E-state index contributed by atoms with van der Waals surface area (Å²) in [6.45, 7) is 7.84. The summed E-state index contributed by atoms with van der Waals surface area (Å²) in [5.74, 6) is 0.380. The summed E-state index contributed by atoms with van der Waals surface area (Å²) < 4.78 is 5.35. The van der Waals surface area contributed by atoms with Crippen LogP contribution in [0.25, 0.3) is 0 Å². The highest BCUT2D eigenvalue weighted by Crippen LogP contribution is 2.07. The number of hydrogen-bond acceptors (Lipinski definition) is 3. The number of hydrogen-bond donors (Lipinski definition) is 0. The Kier molecular flexibility index (Phi) is 5.12. The van der Waals surface area contributed by atoms with Gasteiger partial charge >= 0.3 is 0 Å². The molecule has 0 radical (unpaired) electrons. The number of ketones is 1. The quantitative estimate of drug-likeness (QED) is 0.671. The van der Waals surface area contributed by atoms with Crippen LogP contribution in [0.3, 0.4) is 0 Å². The Balaban J connectivity index is 2.13. The van der Waals surface area contributed by atoms with Gasteiger partial charge in [0.1, 0.15) is 5.78 Å². The molecule has 1 aliphatic heterocycles. The second kappa shape index (κ2) is 6.14. The third-order valence-corrected chi connectivity index (χ3v) is 2.80. The third-order valence-electron chi connectivity index (χ3n) is 2.80. The van der Waals surface area contributed by atoms with Crippen molar-refractivity contribution in [2.75, 3.05) is 26.3 Å². The van der Waals surface area contributed by atoms with Crippen LogP contribution in [0.1, 0.15) is 33.1 Å².